The maximum atomic E-state index is 5.83. The lowest BCUT2D eigenvalue weighted by molar-refractivity contribution is 0.0145. The van der Waals surface area contributed by atoms with Gasteiger partial charge >= 0.3 is 0 Å². The lowest BCUT2D eigenvalue weighted by Gasteiger charge is -2.34. The van der Waals surface area contributed by atoms with Gasteiger partial charge in [-0.1, -0.05) is 80.4 Å². The predicted molar refractivity (Wildman–Crippen MR) is 241 cm³/mol. The molecule has 0 saturated carbocycles. The number of fused-ring (bicyclic) bond motifs is 22. The van der Waals surface area contributed by atoms with Crippen LogP contribution in [0.15, 0.2) is 106 Å². The van der Waals surface area contributed by atoms with Crippen molar-refractivity contribution in [1.29, 1.82) is 0 Å². The second kappa shape index (κ2) is 24.9. The van der Waals surface area contributed by atoms with Crippen LogP contribution in [-0.4, -0.2) is 125 Å². The normalized spacial score (nSPS) is 21.2. The second-order valence-electron chi connectivity index (χ2n) is 15.2. The van der Waals surface area contributed by atoms with E-state index in [2.05, 4.69) is 159 Å². The minimum Gasteiger partial charge on any atom is -0.385 e. The van der Waals surface area contributed by atoms with E-state index in [0.717, 1.165) is 113 Å². The van der Waals surface area contributed by atoms with Gasteiger partial charge in [-0.3, -0.25) is 19.6 Å². The van der Waals surface area contributed by atoms with Gasteiger partial charge < -0.3 is 24.8 Å². The molecule has 0 aromatic heterocycles. The molecule has 1 saturated heterocycles. The van der Waals surface area contributed by atoms with Gasteiger partial charge in [0.1, 0.15) is 0 Å². The maximum Gasteiger partial charge on any atom is 0.0701 e. The topological polar surface area (TPSA) is 64.7 Å². The van der Waals surface area contributed by atoms with Crippen molar-refractivity contribution >= 4 is 43.2 Å². The van der Waals surface area contributed by atoms with Crippen LogP contribution in [0.4, 0.5) is 11.4 Å². The summed E-state index contributed by atoms with van der Waals surface area (Å²) in [6.07, 6.45) is 1.88. The Bertz CT molecular complexity index is 1610. The summed E-state index contributed by atoms with van der Waals surface area (Å²) < 4.78 is 19.6. The van der Waals surface area contributed by atoms with Crippen molar-refractivity contribution in [2.24, 2.45) is 0 Å². The Labute approximate surface area is 358 Å². The minimum absolute atomic E-state index is 0.592. The number of hydrogen-bond donors (Lipinski definition) is 2. The summed E-state index contributed by atoms with van der Waals surface area (Å²) in [5.41, 5.74) is 7.69. The van der Waals surface area contributed by atoms with Crippen LogP contribution in [-0.2, 0) is 40.4 Å². The number of rotatable bonds is 4. The van der Waals surface area contributed by atoms with Gasteiger partial charge in [0, 0.05) is 125 Å². The number of nitrogens with one attached hydrogen (secondary N) is 2. The number of anilines is 2. The van der Waals surface area contributed by atoms with E-state index in [1.165, 1.54) is 33.6 Å². The minimum atomic E-state index is 0.592. The van der Waals surface area contributed by atoms with Gasteiger partial charge in [0.2, 0.25) is 0 Å². The molecule has 4 aromatic carbocycles. The van der Waals surface area contributed by atoms with E-state index < -0.39 is 0 Å². The smallest absolute Gasteiger partial charge is 0.0701 e. The van der Waals surface area contributed by atoms with Crippen molar-refractivity contribution in [3.05, 3.63) is 128 Å². The monoisotopic (exact) mass is 904 g/mol. The van der Waals surface area contributed by atoms with Crippen molar-refractivity contribution in [3.8, 4) is 0 Å². The molecule has 0 unspecified atom stereocenters. The molecular weight excluding hydrogens is 844 g/mol. The van der Waals surface area contributed by atoms with Crippen LogP contribution in [0.25, 0.3) is 0 Å². The molecule has 0 spiro atoms. The van der Waals surface area contributed by atoms with Gasteiger partial charge in [-0.15, -0.1) is 0 Å². The molecule has 2 N–H and O–H groups in total. The van der Waals surface area contributed by atoms with E-state index in [1.807, 2.05) is 0 Å². The Hall–Kier alpha value is -2.84. The fourth-order valence-electron chi connectivity index (χ4n) is 7.43. The molecule has 9 nitrogen and oxygen atoms in total. The van der Waals surface area contributed by atoms with Gasteiger partial charge in [0.05, 0.1) is 26.4 Å². The van der Waals surface area contributed by atoms with Crippen molar-refractivity contribution < 1.29 is 14.2 Å². The largest absolute Gasteiger partial charge is 0.385 e. The van der Waals surface area contributed by atoms with Crippen molar-refractivity contribution in [3.63, 3.8) is 0 Å². The first-order valence-corrected chi connectivity index (χ1v) is 22.4. The molecule has 3 aliphatic heterocycles. The lowest BCUT2D eigenvalue weighted by atomic mass is 10.1. The summed E-state index contributed by atoms with van der Waals surface area (Å²) in [5, 5.41) is 7.27. The van der Waals surface area contributed by atoms with E-state index in [1.54, 1.807) is 0 Å². The Morgan fingerprint density at radius 2 is 0.860 bits per heavy atom. The van der Waals surface area contributed by atoms with Crippen LogP contribution in [0.2, 0.25) is 0 Å². The average molecular weight is 907 g/mol. The van der Waals surface area contributed by atoms with Crippen LogP contribution < -0.4 is 10.6 Å². The Morgan fingerprint density at radius 1 is 0.456 bits per heavy atom. The highest BCUT2D eigenvalue weighted by molar-refractivity contribution is 9.10. The zero-order valence-corrected chi connectivity index (χ0v) is 36.7. The first-order chi connectivity index (χ1) is 28.0. The summed E-state index contributed by atoms with van der Waals surface area (Å²) in [7, 11) is 0. The van der Waals surface area contributed by atoms with Crippen LogP contribution in [0.3, 0.4) is 0 Å². The molecule has 3 heterocycles. The van der Waals surface area contributed by atoms with E-state index in [9.17, 15) is 0 Å². The molecule has 4 aromatic rings. The van der Waals surface area contributed by atoms with Crippen LogP contribution in [0.1, 0.15) is 35.1 Å². The van der Waals surface area contributed by atoms with Gasteiger partial charge in [0.15, 0.2) is 0 Å². The van der Waals surface area contributed by atoms with E-state index in [-0.39, 0.29) is 0 Å². The van der Waals surface area contributed by atoms with E-state index >= 15 is 0 Å². The van der Waals surface area contributed by atoms with Crippen molar-refractivity contribution in [1.82, 2.24) is 19.6 Å². The number of halogens is 2. The van der Waals surface area contributed by atoms with Gasteiger partial charge in [-0.2, -0.15) is 0 Å². The summed E-state index contributed by atoms with van der Waals surface area (Å²) in [4.78, 5) is 10.7. The molecule has 11 heteroatoms. The molecular formula is C46H62Br2N6O3. The lowest BCUT2D eigenvalue weighted by Crippen LogP contribution is -2.45. The highest BCUT2D eigenvalue weighted by Gasteiger charge is 2.19. The number of ether oxygens (including phenoxy) is 3. The molecule has 3 aliphatic rings. The SMILES string of the molecule is Brc1cccc(CN2CCN3CCN(Cc4cccc(Br)c4)CCN(CC2)Cc2cccc(c2)NCCCOCCOCCOCCCNc2cccc(c2)C3)c1. The Balaban J connectivity index is 1.23. The van der Waals surface area contributed by atoms with Gasteiger partial charge in [-0.25, -0.2) is 0 Å². The third-order valence-electron chi connectivity index (χ3n) is 10.5. The highest BCUT2D eigenvalue weighted by atomic mass is 79.9. The molecule has 0 amide bonds. The Kier molecular flexibility index (Phi) is 19.1. The molecule has 308 valence electrons. The molecule has 7 rings (SSSR count). The summed E-state index contributed by atoms with van der Waals surface area (Å²) in [5.74, 6) is 0. The Morgan fingerprint density at radius 3 is 1.28 bits per heavy atom. The summed E-state index contributed by atoms with van der Waals surface area (Å²) in [6.45, 7) is 17.2. The van der Waals surface area contributed by atoms with Crippen LogP contribution in [0, 0.1) is 0 Å². The second-order valence-corrected chi connectivity index (χ2v) is 17.0. The average Bonchev–Trinajstić information content (AvgIpc) is 3.20. The number of benzene rings is 4. The van der Waals surface area contributed by atoms with E-state index in [4.69, 9.17) is 14.2 Å². The highest BCUT2D eigenvalue weighted by Crippen LogP contribution is 2.19. The fourth-order valence-corrected chi connectivity index (χ4v) is 8.32. The molecule has 6 bridgehead atoms. The fraction of sp³-hybridized carbons (Fsp3) is 0.478. The first-order valence-electron chi connectivity index (χ1n) is 20.8. The number of nitrogens with zero attached hydrogens (tertiary/aromatic N) is 4. The van der Waals surface area contributed by atoms with Gasteiger partial charge in [0.25, 0.3) is 0 Å². The molecule has 0 aliphatic carbocycles. The molecule has 1 fully saturated rings. The van der Waals surface area contributed by atoms with Crippen LogP contribution in [0.5, 0.6) is 0 Å². The van der Waals surface area contributed by atoms with Gasteiger partial charge in [-0.05, 0) is 83.6 Å². The summed E-state index contributed by atoms with van der Waals surface area (Å²) >= 11 is 7.45. The third-order valence-corrected chi connectivity index (χ3v) is 11.5. The van der Waals surface area contributed by atoms with Crippen LogP contribution >= 0.6 is 31.9 Å². The summed E-state index contributed by atoms with van der Waals surface area (Å²) in [6, 6.07) is 35.5. The van der Waals surface area contributed by atoms with Crippen molar-refractivity contribution in [2.45, 2.75) is 39.0 Å². The molecule has 57 heavy (non-hydrogen) atoms. The molecule has 0 atom stereocenters. The zero-order chi connectivity index (χ0) is 39.3. The standard InChI is InChI=1S/C46H62Br2N6O3/c47-43-11-1-7-39(31-43)35-51-17-21-53-23-19-52(36-40-8-2-12-44(48)32-40)20-24-54(22-18-51)38-42-10-4-14-46(34-42)50-16-6-26-56-28-30-57-29-27-55-25-5-15-49-45-13-3-9-41(33-45)37-53/h1-4,7-14,31-34,49-50H,5-6,15-30,35-38H2. The quantitative estimate of drug-likeness (QED) is 0.198. The van der Waals surface area contributed by atoms with Crippen molar-refractivity contribution in [2.75, 3.05) is 116 Å². The number of hydrogen-bond acceptors (Lipinski definition) is 9. The third kappa shape index (κ3) is 16.7. The predicted octanol–water partition coefficient (Wildman–Crippen LogP) is 8.20. The maximum absolute atomic E-state index is 5.83. The van der Waals surface area contributed by atoms with E-state index in [0.29, 0.717) is 39.6 Å². The first kappa shape index (κ1) is 43.7. The molecule has 0 radical (unpaired) electrons. The zero-order valence-electron chi connectivity index (χ0n) is 33.6.